The van der Waals surface area contributed by atoms with Crippen molar-refractivity contribution in [3.05, 3.63) is 64.7 Å². The molecular formula is C21H18N4O2S. The van der Waals surface area contributed by atoms with Crippen LogP contribution in [-0.2, 0) is 0 Å². The van der Waals surface area contributed by atoms with Gasteiger partial charge in [-0.3, -0.25) is 0 Å². The molecule has 1 aliphatic heterocycles. The minimum Gasteiger partial charge on any atom is -0.497 e. The fraction of sp³-hybridized carbons (Fsp3) is 0.143. The average Bonchev–Trinajstić information content (AvgIpc) is 2.68. The molecule has 1 atom stereocenters. The molecule has 28 heavy (non-hydrogen) atoms. The van der Waals surface area contributed by atoms with Crippen molar-refractivity contribution in [2.75, 3.05) is 18.6 Å². The minimum atomic E-state index is -0.187. The summed E-state index contributed by atoms with van der Waals surface area (Å²) in [5.41, 5.74) is 15.5. The number of benzene rings is 2. The molecule has 4 N–H and O–H groups in total. The van der Waals surface area contributed by atoms with Crippen LogP contribution in [0.3, 0.4) is 0 Å². The second-order valence-corrected chi connectivity index (χ2v) is 7.61. The molecular weight excluding hydrogens is 372 g/mol. The van der Waals surface area contributed by atoms with Crippen LogP contribution in [0.1, 0.15) is 27.5 Å². The molecule has 0 bridgehead atoms. The van der Waals surface area contributed by atoms with E-state index in [2.05, 4.69) is 11.1 Å². The Bertz CT molecular complexity index is 1110. The van der Waals surface area contributed by atoms with Crippen molar-refractivity contribution >= 4 is 23.3 Å². The van der Waals surface area contributed by atoms with Crippen LogP contribution in [0.2, 0.25) is 0 Å². The van der Waals surface area contributed by atoms with Crippen molar-refractivity contribution in [3.8, 4) is 23.4 Å². The topological polar surface area (TPSA) is 107 Å². The van der Waals surface area contributed by atoms with Crippen LogP contribution in [-0.4, -0.2) is 12.1 Å². The van der Waals surface area contributed by atoms with Crippen LogP contribution in [0.15, 0.2) is 47.4 Å². The number of rotatable bonds is 3. The number of pyridine rings is 1. The van der Waals surface area contributed by atoms with Gasteiger partial charge in [-0.15, -0.1) is 11.8 Å². The summed E-state index contributed by atoms with van der Waals surface area (Å²) in [6.45, 7) is 2.00. The third-order valence-electron chi connectivity index (χ3n) is 4.61. The van der Waals surface area contributed by atoms with E-state index >= 15 is 0 Å². The number of ether oxygens (including phenoxy) is 2. The normalized spacial score (nSPS) is 14.4. The SMILES string of the molecule is COc1ccc(SC2c3ccc(C)cc3Oc3nc(N)c(C#N)c(N)c32)cc1. The van der Waals surface area contributed by atoms with Gasteiger partial charge < -0.3 is 20.9 Å². The highest BCUT2D eigenvalue weighted by molar-refractivity contribution is 7.99. The molecule has 1 unspecified atom stereocenters. The predicted octanol–water partition coefficient (Wildman–Crippen LogP) is 4.42. The van der Waals surface area contributed by atoms with Crippen LogP contribution in [0.4, 0.5) is 11.5 Å². The lowest BCUT2D eigenvalue weighted by Crippen LogP contribution is -2.15. The first-order chi connectivity index (χ1) is 13.5. The smallest absolute Gasteiger partial charge is 0.228 e. The van der Waals surface area contributed by atoms with Gasteiger partial charge in [-0.1, -0.05) is 12.1 Å². The average molecular weight is 390 g/mol. The third-order valence-corrected chi connectivity index (χ3v) is 5.88. The number of nitriles is 1. The van der Waals surface area contributed by atoms with Crippen LogP contribution in [0.25, 0.3) is 0 Å². The predicted molar refractivity (Wildman–Crippen MR) is 110 cm³/mol. The van der Waals surface area contributed by atoms with E-state index in [1.54, 1.807) is 18.9 Å². The van der Waals surface area contributed by atoms with Crippen LogP contribution in [0, 0.1) is 18.3 Å². The number of aromatic nitrogens is 1. The number of thioether (sulfide) groups is 1. The maximum atomic E-state index is 9.45. The molecule has 0 aliphatic carbocycles. The molecule has 6 nitrogen and oxygen atoms in total. The molecule has 0 spiro atoms. The molecule has 2 aromatic carbocycles. The zero-order chi connectivity index (χ0) is 19.8. The van der Waals surface area contributed by atoms with Gasteiger partial charge >= 0.3 is 0 Å². The lowest BCUT2D eigenvalue weighted by molar-refractivity contribution is 0.414. The van der Waals surface area contributed by atoms with Gasteiger partial charge in [0.15, 0.2) is 0 Å². The van der Waals surface area contributed by atoms with Crippen molar-refractivity contribution in [1.82, 2.24) is 4.98 Å². The van der Waals surface area contributed by atoms with Gasteiger partial charge in [0.05, 0.1) is 23.6 Å². The monoisotopic (exact) mass is 390 g/mol. The van der Waals surface area contributed by atoms with E-state index in [9.17, 15) is 5.26 Å². The summed E-state index contributed by atoms with van der Waals surface area (Å²) in [6.07, 6.45) is 0. The number of nitrogens with two attached hydrogens (primary N) is 2. The first kappa shape index (κ1) is 18.0. The molecule has 0 fully saturated rings. The molecule has 0 saturated carbocycles. The number of anilines is 2. The summed E-state index contributed by atoms with van der Waals surface area (Å²) in [4.78, 5) is 5.34. The number of methoxy groups -OCH3 is 1. The number of nitrogen functional groups attached to an aromatic ring is 2. The fourth-order valence-electron chi connectivity index (χ4n) is 3.18. The fourth-order valence-corrected chi connectivity index (χ4v) is 4.41. The van der Waals surface area contributed by atoms with Crippen LogP contribution in [0.5, 0.6) is 17.4 Å². The number of fused-ring (bicyclic) bond motifs is 2. The molecule has 2 heterocycles. The highest BCUT2D eigenvalue weighted by Gasteiger charge is 2.33. The molecule has 3 aromatic rings. The second-order valence-electron chi connectivity index (χ2n) is 6.43. The van der Waals surface area contributed by atoms with Gasteiger partial charge in [0, 0.05) is 10.5 Å². The zero-order valence-electron chi connectivity index (χ0n) is 15.4. The highest BCUT2D eigenvalue weighted by Crippen LogP contribution is 2.54. The van der Waals surface area contributed by atoms with Gasteiger partial charge in [-0.05, 0) is 42.8 Å². The second kappa shape index (κ2) is 6.98. The van der Waals surface area contributed by atoms with Gasteiger partial charge in [-0.2, -0.15) is 10.2 Å². The quantitative estimate of drug-likeness (QED) is 0.681. The lowest BCUT2D eigenvalue weighted by Gasteiger charge is -2.29. The molecule has 0 saturated heterocycles. The summed E-state index contributed by atoms with van der Waals surface area (Å²) in [5, 5.41) is 9.27. The molecule has 1 aliphatic rings. The maximum Gasteiger partial charge on any atom is 0.228 e. The Morgan fingerprint density at radius 1 is 1.18 bits per heavy atom. The first-order valence-electron chi connectivity index (χ1n) is 8.60. The van der Waals surface area contributed by atoms with Crippen molar-refractivity contribution in [3.63, 3.8) is 0 Å². The number of hydrogen-bond donors (Lipinski definition) is 2. The van der Waals surface area contributed by atoms with Crippen molar-refractivity contribution in [2.45, 2.75) is 17.1 Å². The Morgan fingerprint density at radius 2 is 1.93 bits per heavy atom. The molecule has 7 heteroatoms. The van der Waals surface area contributed by atoms with E-state index in [0.717, 1.165) is 27.5 Å². The van der Waals surface area contributed by atoms with Crippen molar-refractivity contribution in [2.24, 2.45) is 0 Å². The van der Waals surface area contributed by atoms with Gasteiger partial charge in [-0.25, -0.2) is 0 Å². The molecule has 140 valence electrons. The van der Waals surface area contributed by atoms with Crippen molar-refractivity contribution < 1.29 is 9.47 Å². The summed E-state index contributed by atoms with van der Waals surface area (Å²) < 4.78 is 11.2. The van der Waals surface area contributed by atoms with E-state index in [-0.39, 0.29) is 16.6 Å². The van der Waals surface area contributed by atoms with Gasteiger partial charge in [0.25, 0.3) is 0 Å². The standard InChI is InChI=1S/C21H18N4O2S/c1-11-3-8-14-16(9-11)27-21-17(18(23)15(10-22)20(24)25-21)19(14)28-13-6-4-12(26-2)5-7-13/h3-9,19H,1-2H3,(H4,23,24,25). The van der Waals surface area contributed by atoms with E-state index in [1.165, 1.54) is 0 Å². The van der Waals surface area contributed by atoms with E-state index in [1.807, 2.05) is 49.4 Å². The Morgan fingerprint density at radius 3 is 2.61 bits per heavy atom. The van der Waals surface area contributed by atoms with E-state index in [0.29, 0.717) is 17.1 Å². The zero-order valence-corrected chi connectivity index (χ0v) is 16.2. The number of hydrogen-bond acceptors (Lipinski definition) is 7. The number of nitrogens with zero attached hydrogens (tertiary/aromatic N) is 2. The van der Waals surface area contributed by atoms with Crippen LogP contribution < -0.4 is 20.9 Å². The Labute approximate surface area is 167 Å². The Balaban J connectivity index is 1.87. The van der Waals surface area contributed by atoms with E-state index in [4.69, 9.17) is 20.9 Å². The summed E-state index contributed by atoms with van der Waals surface area (Å²) >= 11 is 1.61. The van der Waals surface area contributed by atoms with Crippen molar-refractivity contribution in [1.29, 1.82) is 5.26 Å². The third kappa shape index (κ3) is 2.98. The molecule has 4 rings (SSSR count). The Kier molecular flexibility index (Phi) is 4.49. The largest absolute Gasteiger partial charge is 0.497 e. The van der Waals surface area contributed by atoms with Gasteiger partial charge in [0.2, 0.25) is 5.88 Å². The maximum absolute atomic E-state index is 9.45. The molecule has 0 amide bonds. The summed E-state index contributed by atoms with van der Waals surface area (Å²) in [7, 11) is 1.63. The van der Waals surface area contributed by atoms with E-state index < -0.39 is 0 Å². The molecule has 1 aromatic heterocycles. The Hall–Kier alpha value is -3.37. The van der Waals surface area contributed by atoms with Gasteiger partial charge in [0.1, 0.15) is 28.9 Å². The lowest BCUT2D eigenvalue weighted by atomic mass is 9.97. The minimum absolute atomic E-state index is 0.0723. The van der Waals surface area contributed by atoms with Crippen LogP contribution >= 0.6 is 11.8 Å². The summed E-state index contributed by atoms with van der Waals surface area (Å²) in [6, 6.07) is 15.9. The molecule has 0 radical (unpaired) electrons. The first-order valence-corrected chi connectivity index (χ1v) is 9.48. The highest BCUT2D eigenvalue weighted by atomic mass is 32.2. The number of aryl methyl sites for hydroxylation is 1. The summed E-state index contributed by atoms with van der Waals surface area (Å²) in [5.74, 6) is 1.92.